The molecule has 0 saturated heterocycles. The lowest BCUT2D eigenvalue weighted by Gasteiger charge is -2.27. The maximum absolute atomic E-state index is 3.62. The molecule has 96 valence electrons. The lowest BCUT2D eigenvalue weighted by atomic mass is 9.98. The Bertz CT molecular complexity index is 608. The van der Waals surface area contributed by atoms with Gasteiger partial charge >= 0.3 is 0 Å². The van der Waals surface area contributed by atoms with Crippen LogP contribution in [0.4, 0.5) is 11.4 Å². The van der Waals surface area contributed by atoms with Gasteiger partial charge in [0.05, 0.1) is 0 Å². The van der Waals surface area contributed by atoms with E-state index in [2.05, 4.69) is 69.4 Å². The van der Waals surface area contributed by atoms with E-state index in [1.807, 2.05) is 0 Å². The molecule has 0 N–H and O–H groups in total. The van der Waals surface area contributed by atoms with Crippen molar-refractivity contribution in [1.29, 1.82) is 0 Å². The van der Waals surface area contributed by atoms with Crippen LogP contribution in [0.2, 0.25) is 0 Å². The molecule has 2 aromatic carbocycles. The van der Waals surface area contributed by atoms with Crippen LogP contribution in [0.5, 0.6) is 0 Å². The Labute approximate surface area is 122 Å². The van der Waals surface area contributed by atoms with Crippen molar-refractivity contribution >= 4 is 27.3 Å². The first-order valence-electron chi connectivity index (χ1n) is 6.98. The second-order valence-electron chi connectivity index (χ2n) is 5.51. The molecule has 2 aliphatic rings. The number of anilines is 2. The fraction of sp³-hybridized carbons (Fsp3) is 0.294. The molecule has 1 nitrogen and oxygen atoms in total. The van der Waals surface area contributed by atoms with E-state index in [0.29, 0.717) is 12.0 Å². The van der Waals surface area contributed by atoms with Crippen molar-refractivity contribution < 1.29 is 0 Å². The number of para-hydroxylation sites is 1. The number of benzene rings is 2. The molecule has 2 atom stereocenters. The maximum Gasteiger partial charge on any atom is 0.0450 e. The van der Waals surface area contributed by atoms with E-state index < -0.39 is 0 Å². The van der Waals surface area contributed by atoms with Gasteiger partial charge in [0.1, 0.15) is 0 Å². The smallest absolute Gasteiger partial charge is 0.0450 e. The van der Waals surface area contributed by atoms with Gasteiger partial charge in [0, 0.05) is 27.8 Å². The fourth-order valence-corrected chi connectivity index (χ4v) is 4.13. The number of rotatable bonds is 1. The van der Waals surface area contributed by atoms with Crippen LogP contribution in [0, 0.1) is 0 Å². The first-order valence-corrected chi connectivity index (χ1v) is 7.77. The quantitative estimate of drug-likeness (QED) is 0.696. The summed E-state index contributed by atoms with van der Waals surface area (Å²) in [5, 5.41) is 0. The van der Waals surface area contributed by atoms with E-state index in [1.54, 1.807) is 0 Å². The molecule has 1 aliphatic carbocycles. The number of hydrogen-bond acceptors (Lipinski definition) is 1. The number of nitrogens with zero attached hydrogens (tertiary/aromatic N) is 1. The first-order chi connectivity index (χ1) is 9.34. The van der Waals surface area contributed by atoms with Crippen molar-refractivity contribution in [3.63, 3.8) is 0 Å². The molecule has 0 aromatic heterocycles. The predicted molar refractivity (Wildman–Crippen MR) is 83.1 cm³/mol. The zero-order chi connectivity index (χ0) is 12.8. The largest absolute Gasteiger partial charge is 0.338 e. The average molecular weight is 314 g/mol. The van der Waals surface area contributed by atoms with E-state index >= 15 is 0 Å². The molecule has 4 rings (SSSR count). The van der Waals surface area contributed by atoms with E-state index in [1.165, 1.54) is 40.7 Å². The first kappa shape index (κ1) is 11.5. The lowest BCUT2D eigenvalue weighted by molar-refractivity contribution is 0.642. The van der Waals surface area contributed by atoms with Crippen molar-refractivity contribution in [2.45, 2.75) is 31.2 Å². The highest BCUT2D eigenvalue weighted by Gasteiger charge is 2.41. The summed E-state index contributed by atoms with van der Waals surface area (Å²) in [7, 11) is 0. The summed E-state index contributed by atoms with van der Waals surface area (Å²) in [5.74, 6) is 0.715. The second-order valence-corrected chi connectivity index (χ2v) is 6.43. The number of fused-ring (bicyclic) bond motifs is 3. The van der Waals surface area contributed by atoms with Crippen LogP contribution in [0.3, 0.4) is 0 Å². The molecule has 1 fully saturated rings. The topological polar surface area (TPSA) is 3.24 Å². The van der Waals surface area contributed by atoms with E-state index in [-0.39, 0.29) is 0 Å². The number of hydrogen-bond donors (Lipinski definition) is 0. The van der Waals surface area contributed by atoms with Crippen LogP contribution in [0.15, 0.2) is 53.0 Å². The third-order valence-electron chi connectivity index (χ3n) is 4.49. The molecule has 2 unspecified atom stereocenters. The molecule has 2 heteroatoms. The normalized spacial score (nSPS) is 24.4. The molecule has 0 radical (unpaired) electrons. The highest BCUT2D eigenvalue weighted by molar-refractivity contribution is 9.10. The van der Waals surface area contributed by atoms with Crippen molar-refractivity contribution in [3.05, 3.63) is 58.6 Å². The van der Waals surface area contributed by atoms with Gasteiger partial charge in [-0.2, -0.15) is 0 Å². The molecular weight excluding hydrogens is 298 g/mol. The fourth-order valence-electron chi connectivity index (χ4n) is 3.75. The number of halogens is 1. The molecule has 1 heterocycles. The van der Waals surface area contributed by atoms with E-state index in [9.17, 15) is 0 Å². The van der Waals surface area contributed by atoms with Gasteiger partial charge in [-0.3, -0.25) is 0 Å². The lowest BCUT2D eigenvalue weighted by Crippen LogP contribution is -2.26. The third-order valence-corrected chi connectivity index (χ3v) is 4.99. The van der Waals surface area contributed by atoms with Gasteiger partial charge < -0.3 is 4.90 Å². The van der Waals surface area contributed by atoms with E-state index in [4.69, 9.17) is 0 Å². The van der Waals surface area contributed by atoms with E-state index in [0.717, 1.165) is 0 Å². The van der Waals surface area contributed by atoms with Gasteiger partial charge in [-0.15, -0.1) is 0 Å². The SMILES string of the molecule is Brc1ccc2c(c1)C1CCCC1N2c1ccccc1. The van der Waals surface area contributed by atoms with Gasteiger partial charge in [0.15, 0.2) is 0 Å². The summed E-state index contributed by atoms with van der Waals surface area (Å²) < 4.78 is 1.20. The zero-order valence-electron chi connectivity index (χ0n) is 10.7. The Morgan fingerprint density at radius 1 is 1.00 bits per heavy atom. The highest BCUT2D eigenvalue weighted by Crippen LogP contribution is 2.52. The minimum atomic E-state index is 0.659. The summed E-state index contributed by atoms with van der Waals surface area (Å²) in [6.07, 6.45) is 3.99. The maximum atomic E-state index is 3.62. The minimum absolute atomic E-state index is 0.659. The summed E-state index contributed by atoms with van der Waals surface area (Å²) in [6, 6.07) is 18.2. The summed E-state index contributed by atoms with van der Waals surface area (Å²) in [6.45, 7) is 0. The highest BCUT2D eigenvalue weighted by atomic mass is 79.9. The Morgan fingerprint density at radius 3 is 2.68 bits per heavy atom. The summed E-state index contributed by atoms with van der Waals surface area (Å²) >= 11 is 3.62. The Balaban J connectivity index is 1.88. The Kier molecular flexibility index (Phi) is 2.66. The van der Waals surface area contributed by atoms with Crippen LogP contribution in [0.25, 0.3) is 0 Å². The van der Waals surface area contributed by atoms with Crippen molar-refractivity contribution in [2.75, 3.05) is 4.90 Å². The average Bonchev–Trinajstić information content (AvgIpc) is 3.00. The minimum Gasteiger partial charge on any atom is -0.338 e. The van der Waals surface area contributed by atoms with Crippen LogP contribution in [-0.4, -0.2) is 6.04 Å². The van der Waals surface area contributed by atoms with Gasteiger partial charge in [-0.05, 0) is 48.7 Å². The van der Waals surface area contributed by atoms with Gasteiger partial charge in [-0.1, -0.05) is 40.5 Å². The van der Waals surface area contributed by atoms with Gasteiger partial charge in [-0.25, -0.2) is 0 Å². The molecular formula is C17H16BrN. The summed E-state index contributed by atoms with van der Waals surface area (Å²) in [4.78, 5) is 2.55. The molecule has 1 aliphatic heterocycles. The monoisotopic (exact) mass is 313 g/mol. The molecule has 1 saturated carbocycles. The molecule has 0 amide bonds. The molecule has 0 bridgehead atoms. The van der Waals surface area contributed by atoms with Gasteiger partial charge in [0.25, 0.3) is 0 Å². The van der Waals surface area contributed by atoms with Crippen LogP contribution in [-0.2, 0) is 0 Å². The summed E-state index contributed by atoms with van der Waals surface area (Å²) in [5.41, 5.74) is 4.27. The molecule has 2 aromatic rings. The Morgan fingerprint density at radius 2 is 1.84 bits per heavy atom. The van der Waals surface area contributed by atoms with Crippen molar-refractivity contribution in [3.8, 4) is 0 Å². The Hall–Kier alpha value is -1.28. The predicted octanol–water partition coefficient (Wildman–Crippen LogP) is 5.24. The third kappa shape index (κ3) is 1.73. The van der Waals surface area contributed by atoms with Gasteiger partial charge in [0.2, 0.25) is 0 Å². The zero-order valence-corrected chi connectivity index (χ0v) is 12.3. The second kappa shape index (κ2) is 4.38. The van der Waals surface area contributed by atoms with Crippen LogP contribution >= 0.6 is 15.9 Å². The molecule has 19 heavy (non-hydrogen) atoms. The van der Waals surface area contributed by atoms with Crippen molar-refractivity contribution in [2.24, 2.45) is 0 Å². The van der Waals surface area contributed by atoms with Crippen LogP contribution in [0.1, 0.15) is 30.7 Å². The van der Waals surface area contributed by atoms with Crippen molar-refractivity contribution in [1.82, 2.24) is 0 Å². The molecule has 0 spiro atoms. The standard InChI is InChI=1S/C17H16BrN/c18-12-9-10-17-15(11-12)14-7-4-8-16(14)19(17)13-5-2-1-3-6-13/h1-3,5-6,9-11,14,16H,4,7-8H2. The van der Waals surface area contributed by atoms with Crippen LogP contribution < -0.4 is 4.90 Å².